The largest absolute Gasteiger partial charge is 0.545 e. The number of anilines is 1. The summed E-state index contributed by atoms with van der Waals surface area (Å²) in [5, 5.41) is 16.2. The fourth-order valence-corrected chi connectivity index (χ4v) is 2.23. The van der Waals surface area contributed by atoms with Crippen LogP contribution in [0.25, 0.3) is 0 Å². The lowest BCUT2D eigenvalue weighted by Crippen LogP contribution is -2.34. The van der Waals surface area contributed by atoms with Crippen molar-refractivity contribution in [1.29, 1.82) is 0 Å². The lowest BCUT2D eigenvalue weighted by Gasteiger charge is -2.12. The number of amides is 1. The molecule has 0 heterocycles. The van der Waals surface area contributed by atoms with Gasteiger partial charge in [0.2, 0.25) is 0 Å². The second-order valence-electron chi connectivity index (χ2n) is 6.01. The first-order valence-electron chi connectivity index (χ1n) is 8.01. The zero-order valence-corrected chi connectivity index (χ0v) is 15.3. The molecule has 0 aliphatic heterocycles. The van der Waals surface area contributed by atoms with E-state index in [1.54, 1.807) is 24.3 Å². The van der Waals surface area contributed by atoms with E-state index in [4.69, 9.17) is 17.0 Å². The molecule has 0 fully saturated rings. The van der Waals surface area contributed by atoms with Crippen LogP contribution in [0.15, 0.2) is 48.5 Å². The van der Waals surface area contributed by atoms with Gasteiger partial charge in [0, 0.05) is 11.3 Å². The first kappa shape index (κ1) is 19.4. The summed E-state index contributed by atoms with van der Waals surface area (Å²) >= 11 is 5.11. The topological polar surface area (TPSA) is 90.5 Å². The maximum absolute atomic E-state index is 12.3. The van der Waals surface area contributed by atoms with Crippen LogP contribution in [-0.4, -0.2) is 23.6 Å². The summed E-state index contributed by atoms with van der Waals surface area (Å²) in [6, 6.07) is 12.7. The van der Waals surface area contributed by atoms with Crippen LogP contribution in [-0.2, 0) is 0 Å². The molecule has 2 aromatic rings. The van der Waals surface area contributed by atoms with E-state index in [9.17, 15) is 14.7 Å². The Morgan fingerprint density at radius 3 is 2.42 bits per heavy atom. The Morgan fingerprint density at radius 1 is 1.12 bits per heavy atom. The van der Waals surface area contributed by atoms with Crippen molar-refractivity contribution in [3.8, 4) is 5.75 Å². The predicted molar refractivity (Wildman–Crippen MR) is 101 cm³/mol. The number of carbonyl (C=O) groups is 2. The first-order valence-corrected chi connectivity index (χ1v) is 8.42. The van der Waals surface area contributed by atoms with Crippen molar-refractivity contribution in [2.75, 3.05) is 11.9 Å². The third-order valence-electron chi connectivity index (χ3n) is 3.29. The van der Waals surface area contributed by atoms with Gasteiger partial charge in [0.25, 0.3) is 5.91 Å². The molecule has 2 N–H and O–H groups in total. The molecule has 0 saturated heterocycles. The average molecular weight is 371 g/mol. The summed E-state index contributed by atoms with van der Waals surface area (Å²) in [4.78, 5) is 23.0. The van der Waals surface area contributed by atoms with Crippen LogP contribution in [0.5, 0.6) is 5.75 Å². The van der Waals surface area contributed by atoms with Gasteiger partial charge >= 0.3 is 0 Å². The van der Waals surface area contributed by atoms with Crippen molar-refractivity contribution in [2.24, 2.45) is 5.92 Å². The number of ether oxygens (including phenoxy) is 1. The maximum Gasteiger partial charge on any atom is 0.257 e. The van der Waals surface area contributed by atoms with E-state index >= 15 is 0 Å². The molecule has 0 bridgehead atoms. The SMILES string of the molecule is CC(C)COc1cccc(C(=O)NC(=S)Nc2ccc(C(=O)[O-])cc2)c1. The predicted octanol–water partition coefficient (Wildman–Crippen LogP) is 2.21. The number of carbonyl (C=O) groups excluding carboxylic acids is 2. The van der Waals surface area contributed by atoms with Gasteiger partial charge in [-0.05, 0) is 54.0 Å². The minimum absolute atomic E-state index is 0.0590. The van der Waals surface area contributed by atoms with Crippen molar-refractivity contribution in [1.82, 2.24) is 5.32 Å². The van der Waals surface area contributed by atoms with E-state index in [0.717, 1.165) is 0 Å². The standard InChI is InChI=1S/C19H20N2O4S/c1-12(2)11-25-16-5-3-4-14(10-16)17(22)21-19(26)20-15-8-6-13(7-9-15)18(23)24/h3-10,12H,11H2,1-2H3,(H,23,24)(H2,20,21,22,26)/p-1. The molecule has 1 amide bonds. The Hall–Kier alpha value is -2.93. The minimum Gasteiger partial charge on any atom is -0.545 e. The van der Waals surface area contributed by atoms with Gasteiger partial charge in [0.05, 0.1) is 12.6 Å². The van der Waals surface area contributed by atoms with Gasteiger partial charge in [0.1, 0.15) is 5.75 Å². The Morgan fingerprint density at radius 2 is 1.81 bits per heavy atom. The molecule has 0 unspecified atom stereocenters. The molecule has 6 nitrogen and oxygen atoms in total. The van der Waals surface area contributed by atoms with Crippen molar-refractivity contribution in [2.45, 2.75) is 13.8 Å². The second kappa shape index (κ2) is 8.96. The van der Waals surface area contributed by atoms with Gasteiger partial charge in [-0.3, -0.25) is 10.1 Å². The summed E-state index contributed by atoms with van der Waals surface area (Å²) in [5.41, 5.74) is 1.03. The molecule has 26 heavy (non-hydrogen) atoms. The zero-order chi connectivity index (χ0) is 19.1. The fourth-order valence-electron chi connectivity index (χ4n) is 2.02. The van der Waals surface area contributed by atoms with E-state index in [2.05, 4.69) is 10.6 Å². The van der Waals surface area contributed by atoms with E-state index in [-0.39, 0.29) is 16.6 Å². The number of carboxylic acid groups (broad SMARTS) is 1. The van der Waals surface area contributed by atoms with E-state index in [0.29, 0.717) is 29.5 Å². The van der Waals surface area contributed by atoms with Gasteiger partial charge in [-0.1, -0.05) is 32.0 Å². The summed E-state index contributed by atoms with van der Waals surface area (Å²) < 4.78 is 5.61. The summed E-state index contributed by atoms with van der Waals surface area (Å²) in [5.74, 6) is -0.633. The normalized spacial score (nSPS) is 10.3. The molecule has 136 valence electrons. The number of nitrogens with one attached hydrogen (secondary N) is 2. The molecule has 0 atom stereocenters. The summed E-state index contributed by atoms with van der Waals surface area (Å²) in [6.07, 6.45) is 0. The Labute approximate surface area is 157 Å². The highest BCUT2D eigenvalue weighted by Gasteiger charge is 2.09. The smallest absolute Gasteiger partial charge is 0.257 e. The number of benzene rings is 2. The highest BCUT2D eigenvalue weighted by atomic mass is 32.1. The van der Waals surface area contributed by atoms with Crippen LogP contribution in [0.1, 0.15) is 34.6 Å². The molecule has 0 radical (unpaired) electrons. The number of thiocarbonyl (C=S) groups is 1. The maximum atomic E-state index is 12.3. The van der Waals surface area contributed by atoms with Crippen molar-refractivity contribution < 1.29 is 19.4 Å². The third-order valence-corrected chi connectivity index (χ3v) is 3.49. The quantitative estimate of drug-likeness (QED) is 0.757. The molecular formula is C19H19N2O4S-. The first-order chi connectivity index (χ1) is 12.3. The van der Waals surface area contributed by atoms with Crippen molar-refractivity contribution in [3.63, 3.8) is 0 Å². The Bertz CT molecular complexity index is 803. The van der Waals surface area contributed by atoms with Gasteiger partial charge < -0.3 is 20.0 Å². The summed E-state index contributed by atoms with van der Waals surface area (Å²) in [7, 11) is 0. The third kappa shape index (κ3) is 5.86. The Kier molecular flexibility index (Phi) is 6.68. The van der Waals surface area contributed by atoms with Gasteiger partial charge in [-0.2, -0.15) is 0 Å². The number of hydrogen-bond acceptors (Lipinski definition) is 5. The lowest BCUT2D eigenvalue weighted by molar-refractivity contribution is -0.255. The molecular weight excluding hydrogens is 352 g/mol. The van der Waals surface area contributed by atoms with E-state index in [1.165, 1.54) is 24.3 Å². The molecule has 2 rings (SSSR count). The molecule has 0 aliphatic carbocycles. The van der Waals surface area contributed by atoms with Crippen LogP contribution >= 0.6 is 12.2 Å². The van der Waals surface area contributed by atoms with Crippen LogP contribution in [0, 0.1) is 5.92 Å². The zero-order valence-electron chi connectivity index (χ0n) is 14.4. The lowest BCUT2D eigenvalue weighted by atomic mass is 10.2. The number of rotatable bonds is 6. The van der Waals surface area contributed by atoms with Gasteiger partial charge in [-0.25, -0.2) is 0 Å². The highest BCUT2D eigenvalue weighted by Crippen LogP contribution is 2.14. The fraction of sp³-hybridized carbons (Fsp3) is 0.211. The van der Waals surface area contributed by atoms with Gasteiger partial charge in [0.15, 0.2) is 5.11 Å². The number of aromatic carboxylic acids is 1. The number of carboxylic acids is 1. The average Bonchev–Trinajstić information content (AvgIpc) is 2.60. The molecule has 0 aliphatic rings. The van der Waals surface area contributed by atoms with Crippen LogP contribution in [0.2, 0.25) is 0 Å². The summed E-state index contributed by atoms with van der Waals surface area (Å²) in [6.45, 7) is 4.65. The molecule has 0 aromatic heterocycles. The van der Waals surface area contributed by atoms with Crippen LogP contribution in [0.3, 0.4) is 0 Å². The minimum atomic E-state index is -1.26. The molecule has 0 saturated carbocycles. The molecule has 2 aromatic carbocycles. The second-order valence-corrected chi connectivity index (χ2v) is 6.41. The van der Waals surface area contributed by atoms with Crippen molar-refractivity contribution >= 4 is 34.9 Å². The van der Waals surface area contributed by atoms with E-state index in [1.807, 2.05) is 13.8 Å². The molecule has 7 heteroatoms. The van der Waals surface area contributed by atoms with Gasteiger partial charge in [-0.15, -0.1) is 0 Å². The Balaban J connectivity index is 1.95. The van der Waals surface area contributed by atoms with E-state index < -0.39 is 5.97 Å². The molecule has 0 spiro atoms. The van der Waals surface area contributed by atoms with Crippen molar-refractivity contribution in [3.05, 3.63) is 59.7 Å². The number of hydrogen-bond donors (Lipinski definition) is 2. The van der Waals surface area contributed by atoms with Crippen LogP contribution in [0.4, 0.5) is 5.69 Å². The highest BCUT2D eigenvalue weighted by molar-refractivity contribution is 7.80. The monoisotopic (exact) mass is 371 g/mol. The van der Waals surface area contributed by atoms with Crippen LogP contribution < -0.4 is 20.5 Å².